The summed E-state index contributed by atoms with van der Waals surface area (Å²) in [6.07, 6.45) is 5.28. The molecule has 1 saturated heterocycles. The Labute approximate surface area is 181 Å². The number of carboxylic acids is 1. The van der Waals surface area contributed by atoms with Crippen molar-refractivity contribution < 1.29 is 19.2 Å². The number of allylic oxidation sites excluding steroid dienone is 3. The molecule has 1 fully saturated rings. The quantitative estimate of drug-likeness (QED) is 0.670. The largest absolute Gasteiger partial charge is 0.487 e. The van der Waals surface area contributed by atoms with Crippen molar-refractivity contribution in [3.63, 3.8) is 0 Å². The number of nitrogens with zero attached hydrogens (tertiary/aromatic N) is 6. The van der Waals surface area contributed by atoms with E-state index in [1.807, 2.05) is 0 Å². The number of halogens is 1. The molecule has 11 heteroatoms. The van der Waals surface area contributed by atoms with Crippen LogP contribution in [0.25, 0.3) is 11.6 Å². The van der Waals surface area contributed by atoms with Crippen molar-refractivity contribution in [1.29, 1.82) is 0 Å². The van der Waals surface area contributed by atoms with Gasteiger partial charge in [0.15, 0.2) is 12.4 Å². The number of tetrazole rings is 1. The zero-order chi connectivity index (χ0) is 21.3. The van der Waals surface area contributed by atoms with Crippen LogP contribution in [0.3, 0.4) is 0 Å². The monoisotopic (exact) mass is 476 g/mol. The zero-order valence-corrected chi connectivity index (χ0v) is 17.8. The minimum absolute atomic E-state index is 0.197. The SMILES string of the molecule is C=CC1=C(C(=C)Br)CCC2(CCN(c3cc(-c4nnn(CC(=O)O)n4)on3)CC2)O1. The van der Waals surface area contributed by atoms with Crippen LogP contribution in [-0.4, -0.2) is 55.1 Å². The van der Waals surface area contributed by atoms with Crippen molar-refractivity contribution in [3.05, 3.63) is 41.1 Å². The van der Waals surface area contributed by atoms with Gasteiger partial charge in [-0.1, -0.05) is 34.2 Å². The minimum Gasteiger partial charge on any atom is -0.487 e. The average molecular weight is 477 g/mol. The molecular formula is C19H21BrN6O4. The maximum absolute atomic E-state index is 10.7. The van der Waals surface area contributed by atoms with E-state index in [-0.39, 0.29) is 18.0 Å². The predicted octanol–water partition coefficient (Wildman–Crippen LogP) is 2.91. The standard InChI is InChI=1S/C19H21BrN6O4/c1-3-14-13(12(2)20)4-5-19(29-14)6-8-25(9-7-19)16-10-15(30-23-16)18-21-24-26(22-18)11-17(27)28/h3,10H,1-2,4-9,11H2,(H,27,28). The topological polar surface area (TPSA) is 119 Å². The van der Waals surface area contributed by atoms with E-state index in [0.717, 1.165) is 59.4 Å². The van der Waals surface area contributed by atoms with Crippen LogP contribution in [0.4, 0.5) is 5.82 Å². The van der Waals surface area contributed by atoms with Gasteiger partial charge in [0.05, 0.1) is 0 Å². The molecule has 0 unspecified atom stereocenters. The van der Waals surface area contributed by atoms with Crippen molar-refractivity contribution in [2.45, 2.75) is 37.8 Å². The second-order valence-electron chi connectivity index (χ2n) is 7.31. The van der Waals surface area contributed by atoms with Crippen molar-refractivity contribution in [3.8, 4) is 11.6 Å². The molecular weight excluding hydrogens is 456 g/mol. The fourth-order valence-corrected chi connectivity index (χ4v) is 4.20. The van der Waals surface area contributed by atoms with E-state index in [9.17, 15) is 4.79 Å². The summed E-state index contributed by atoms with van der Waals surface area (Å²) < 4.78 is 12.5. The first kappa shape index (κ1) is 20.3. The van der Waals surface area contributed by atoms with Gasteiger partial charge in [0.25, 0.3) is 0 Å². The molecule has 2 aromatic rings. The highest BCUT2D eigenvalue weighted by molar-refractivity contribution is 9.11. The van der Waals surface area contributed by atoms with Crippen molar-refractivity contribution in [2.75, 3.05) is 18.0 Å². The number of carbonyl (C=O) groups is 1. The molecule has 158 valence electrons. The number of rotatable bonds is 6. The lowest BCUT2D eigenvalue weighted by atomic mass is 9.83. The van der Waals surface area contributed by atoms with Gasteiger partial charge in [-0.15, -0.1) is 10.2 Å². The lowest BCUT2D eigenvalue weighted by Gasteiger charge is -2.45. The Morgan fingerprint density at radius 1 is 1.37 bits per heavy atom. The molecule has 0 bridgehead atoms. The van der Waals surface area contributed by atoms with Gasteiger partial charge in [0.2, 0.25) is 11.6 Å². The molecule has 0 radical (unpaired) electrons. The van der Waals surface area contributed by atoms with Crippen LogP contribution in [-0.2, 0) is 16.1 Å². The van der Waals surface area contributed by atoms with Crippen molar-refractivity contribution >= 4 is 27.7 Å². The maximum Gasteiger partial charge on any atom is 0.327 e. The maximum atomic E-state index is 10.7. The van der Waals surface area contributed by atoms with Crippen molar-refractivity contribution in [1.82, 2.24) is 25.4 Å². The Bertz CT molecular complexity index is 1020. The molecule has 1 spiro atoms. The second-order valence-corrected chi connectivity index (χ2v) is 8.27. The van der Waals surface area contributed by atoms with E-state index in [0.29, 0.717) is 11.6 Å². The number of hydrogen-bond donors (Lipinski definition) is 1. The molecule has 2 aliphatic rings. The third-order valence-corrected chi connectivity index (χ3v) is 5.89. The highest BCUT2D eigenvalue weighted by Crippen LogP contribution is 2.42. The summed E-state index contributed by atoms with van der Waals surface area (Å²) in [7, 11) is 0. The summed E-state index contributed by atoms with van der Waals surface area (Å²) in [6.45, 7) is 9.00. The summed E-state index contributed by atoms with van der Waals surface area (Å²) in [4.78, 5) is 13.9. The number of piperidine rings is 1. The van der Waals surface area contributed by atoms with Gasteiger partial charge in [-0.25, -0.2) is 0 Å². The molecule has 0 saturated carbocycles. The Morgan fingerprint density at radius 3 is 2.80 bits per heavy atom. The van der Waals surface area contributed by atoms with E-state index in [4.69, 9.17) is 14.4 Å². The fourth-order valence-electron chi connectivity index (χ4n) is 3.80. The number of hydrogen-bond acceptors (Lipinski definition) is 8. The highest BCUT2D eigenvalue weighted by Gasteiger charge is 2.40. The average Bonchev–Trinajstić information content (AvgIpc) is 3.37. The molecule has 2 aromatic heterocycles. The molecule has 4 heterocycles. The molecule has 2 aliphatic heterocycles. The van der Waals surface area contributed by atoms with Crippen LogP contribution >= 0.6 is 15.9 Å². The van der Waals surface area contributed by atoms with Gasteiger partial charge in [0, 0.05) is 42.1 Å². The van der Waals surface area contributed by atoms with E-state index in [2.05, 4.69) is 54.6 Å². The van der Waals surface area contributed by atoms with Gasteiger partial charge in [-0.05, 0) is 24.1 Å². The molecule has 10 nitrogen and oxygen atoms in total. The predicted molar refractivity (Wildman–Crippen MR) is 111 cm³/mol. The van der Waals surface area contributed by atoms with E-state index in [1.165, 1.54) is 0 Å². The van der Waals surface area contributed by atoms with E-state index in [1.54, 1.807) is 12.1 Å². The molecule has 4 rings (SSSR count). The zero-order valence-electron chi connectivity index (χ0n) is 16.3. The van der Waals surface area contributed by atoms with E-state index >= 15 is 0 Å². The van der Waals surface area contributed by atoms with Crippen LogP contribution < -0.4 is 4.90 Å². The Balaban J connectivity index is 1.42. The Hall–Kier alpha value is -2.95. The summed E-state index contributed by atoms with van der Waals surface area (Å²) in [5.41, 5.74) is 0.863. The number of carboxylic acid groups (broad SMARTS) is 1. The first-order valence-corrected chi connectivity index (χ1v) is 10.3. The van der Waals surface area contributed by atoms with E-state index < -0.39 is 5.97 Å². The second kappa shape index (κ2) is 8.05. The lowest BCUT2D eigenvalue weighted by molar-refractivity contribution is -0.138. The normalized spacial score (nSPS) is 18.4. The minimum atomic E-state index is -1.05. The molecule has 0 aromatic carbocycles. The Kier molecular flexibility index (Phi) is 5.46. The van der Waals surface area contributed by atoms with Gasteiger partial charge in [-0.3, -0.25) is 4.79 Å². The van der Waals surface area contributed by atoms with Gasteiger partial charge in [0.1, 0.15) is 11.4 Å². The summed E-state index contributed by atoms with van der Waals surface area (Å²) in [5, 5.41) is 24.5. The van der Waals surface area contributed by atoms with Crippen LogP contribution in [0, 0.1) is 0 Å². The van der Waals surface area contributed by atoms with Crippen LogP contribution in [0.2, 0.25) is 0 Å². The summed E-state index contributed by atoms with van der Waals surface area (Å²) in [5.74, 6) is 0.970. The first-order valence-electron chi connectivity index (χ1n) is 9.50. The van der Waals surface area contributed by atoms with Gasteiger partial charge >= 0.3 is 5.97 Å². The number of anilines is 1. The van der Waals surface area contributed by atoms with Crippen LogP contribution in [0.5, 0.6) is 0 Å². The third kappa shape index (κ3) is 4.02. The van der Waals surface area contributed by atoms with Gasteiger partial charge < -0.3 is 19.3 Å². The highest BCUT2D eigenvalue weighted by atomic mass is 79.9. The summed E-state index contributed by atoms with van der Waals surface area (Å²) >= 11 is 3.45. The molecule has 1 N–H and O–H groups in total. The van der Waals surface area contributed by atoms with Gasteiger partial charge in [-0.2, -0.15) is 4.80 Å². The Morgan fingerprint density at radius 2 is 2.13 bits per heavy atom. The molecule has 0 amide bonds. The number of aliphatic carboxylic acids is 1. The lowest BCUT2D eigenvalue weighted by Crippen LogP contribution is -2.47. The number of ether oxygens (including phenoxy) is 1. The van der Waals surface area contributed by atoms with Crippen molar-refractivity contribution in [2.24, 2.45) is 0 Å². The number of aromatic nitrogens is 5. The third-order valence-electron chi connectivity index (χ3n) is 5.41. The summed E-state index contributed by atoms with van der Waals surface area (Å²) in [6, 6.07) is 1.74. The van der Waals surface area contributed by atoms with Crippen LogP contribution in [0.15, 0.2) is 45.6 Å². The molecule has 0 atom stereocenters. The smallest absolute Gasteiger partial charge is 0.327 e. The molecule has 30 heavy (non-hydrogen) atoms. The fraction of sp³-hybridized carbons (Fsp3) is 0.421. The molecule has 0 aliphatic carbocycles. The first-order chi connectivity index (χ1) is 14.4. The van der Waals surface area contributed by atoms with Crippen LogP contribution in [0.1, 0.15) is 25.7 Å².